The zero-order chi connectivity index (χ0) is 25.9. The Kier molecular flexibility index (Phi) is 13.6. The molecule has 0 aliphatic heterocycles. The molecule has 196 valence electrons. The fourth-order valence-electron chi connectivity index (χ4n) is 3.95. The van der Waals surface area contributed by atoms with Crippen LogP contribution in [0.15, 0.2) is 48.1 Å². The quantitative estimate of drug-likeness (QED) is 0.347. The normalized spacial score (nSPS) is 13.5. The van der Waals surface area contributed by atoms with Gasteiger partial charge in [-0.1, -0.05) is 91.5 Å². The monoisotopic (exact) mass is 600 g/mol. The van der Waals surface area contributed by atoms with E-state index >= 15 is 0 Å². The molecule has 0 saturated carbocycles. The molecule has 0 radical (unpaired) electrons. The summed E-state index contributed by atoms with van der Waals surface area (Å²) in [5.41, 5.74) is 10.4. The van der Waals surface area contributed by atoms with Gasteiger partial charge in [-0.25, -0.2) is 6.08 Å². The van der Waals surface area contributed by atoms with Crippen molar-refractivity contribution >= 4 is 3.21 Å². The van der Waals surface area contributed by atoms with Gasteiger partial charge in [0, 0.05) is 0 Å². The summed E-state index contributed by atoms with van der Waals surface area (Å²) in [6, 6.07) is 15.2. The molecule has 2 aliphatic carbocycles. The van der Waals surface area contributed by atoms with E-state index in [1.807, 2.05) is 0 Å². The van der Waals surface area contributed by atoms with Crippen LogP contribution in [0.4, 0.5) is 0 Å². The third-order valence-electron chi connectivity index (χ3n) is 6.03. The van der Waals surface area contributed by atoms with E-state index in [9.17, 15) is 0 Å². The predicted molar refractivity (Wildman–Crippen MR) is 147 cm³/mol. The Morgan fingerprint density at radius 2 is 1.33 bits per heavy atom. The Hall–Kier alpha value is -0.747. The minimum absolute atomic E-state index is 0. The van der Waals surface area contributed by atoms with Gasteiger partial charge in [0.2, 0.25) is 0 Å². The maximum atomic E-state index is 3.67. The molecule has 0 unspecified atom stereocenters. The number of hydrogen-bond acceptors (Lipinski definition) is 0. The molecule has 0 spiro atoms. The van der Waals surface area contributed by atoms with Crippen molar-refractivity contribution in [3.63, 3.8) is 0 Å². The topological polar surface area (TPSA) is 0 Å². The van der Waals surface area contributed by atoms with Gasteiger partial charge < -0.3 is 24.8 Å². The van der Waals surface area contributed by atoms with Gasteiger partial charge in [0.25, 0.3) is 0 Å². The van der Waals surface area contributed by atoms with Crippen LogP contribution in [0, 0.1) is 17.6 Å². The van der Waals surface area contributed by atoms with Gasteiger partial charge >= 0.3 is 41.3 Å². The van der Waals surface area contributed by atoms with Crippen LogP contribution in [0.5, 0.6) is 0 Å². The maximum Gasteiger partial charge on any atom is -1.00 e. The van der Waals surface area contributed by atoms with E-state index in [0.717, 1.165) is 12.8 Å². The molecule has 0 fully saturated rings. The Bertz CT molecular complexity index is 1020. The molecular formula is C33H44Cl2Zr-2. The standard InChI is InChI=1S/C21H25.C9H13.C3H6.2ClH.Zr/c1-20(2,3)16-7-9-18-14(12-16)11-15-13-17(21(4,5)6)8-10-19(15)18;1-9(2,3)8-6-4-5-7-8;1-3-2;;;/h7-10,12H,11H2,1-6H3;6-7H,4H2,1-3H3;1-2H3;2*1H;/q2*-1;;;;+2/p-2. The summed E-state index contributed by atoms with van der Waals surface area (Å²) >= 11 is 1.55. The first kappa shape index (κ1) is 35.3. The molecule has 4 rings (SSSR count). The van der Waals surface area contributed by atoms with Crippen LogP contribution < -0.4 is 24.8 Å². The molecule has 0 saturated heterocycles. The van der Waals surface area contributed by atoms with E-state index in [2.05, 4.69) is 131 Å². The number of allylic oxidation sites excluding steroid dienone is 4. The Labute approximate surface area is 249 Å². The van der Waals surface area contributed by atoms with Gasteiger partial charge in [-0.3, -0.25) is 6.08 Å². The third-order valence-corrected chi connectivity index (χ3v) is 6.03. The SMILES string of the molecule is CC(C)(C)C1=CC[C-]=C1.CC(C)(C)c1[c-]c2c(cc1)-c1ccc(C(C)(C)C)cc1C2.C[C](C)=[Zr+2].[Cl-].[Cl-]. The van der Waals surface area contributed by atoms with Gasteiger partial charge in [0.1, 0.15) is 0 Å². The Balaban J connectivity index is 0.000000686. The number of rotatable bonds is 0. The van der Waals surface area contributed by atoms with Crippen molar-refractivity contribution < 1.29 is 49.0 Å². The van der Waals surface area contributed by atoms with Crippen LogP contribution in [-0.2, 0) is 41.5 Å². The zero-order valence-corrected chi connectivity index (χ0v) is 28.2. The number of hydrogen-bond donors (Lipinski definition) is 0. The van der Waals surface area contributed by atoms with Crippen LogP contribution in [0.2, 0.25) is 0 Å². The molecule has 0 aromatic heterocycles. The summed E-state index contributed by atoms with van der Waals surface area (Å²) in [5, 5.41) is 0. The van der Waals surface area contributed by atoms with Crippen molar-refractivity contribution in [1.29, 1.82) is 0 Å². The van der Waals surface area contributed by atoms with Crippen molar-refractivity contribution in [3.8, 4) is 11.1 Å². The van der Waals surface area contributed by atoms with Crippen LogP contribution in [0.3, 0.4) is 0 Å². The minimum Gasteiger partial charge on any atom is -1.00 e. The van der Waals surface area contributed by atoms with Crippen LogP contribution in [-0.4, -0.2) is 3.21 Å². The van der Waals surface area contributed by atoms with Crippen molar-refractivity contribution in [2.45, 2.75) is 99.8 Å². The predicted octanol–water partition coefficient (Wildman–Crippen LogP) is 3.13. The van der Waals surface area contributed by atoms with Gasteiger partial charge in [-0.2, -0.15) is 35.4 Å². The van der Waals surface area contributed by atoms with Crippen molar-refractivity contribution in [2.24, 2.45) is 5.41 Å². The third kappa shape index (κ3) is 10.2. The summed E-state index contributed by atoms with van der Waals surface area (Å²) in [6.07, 6.45) is 9.53. The molecule has 3 heteroatoms. The van der Waals surface area contributed by atoms with E-state index < -0.39 is 0 Å². The molecule has 0 heterocycles. The van der Waals surface area contributed by atoms with Crippen LogP contribution in [0.25, 0.3) is 11.1 Å². The number of halogens is 2. The van der Waals surface area contributed by atoms with Gasteiger partial charge in [-0.05, 0) is 28.4 Å². The molecule has 2 aromatic rings. The molecule has 0 N–H and O–H groups in total. The van der Waals surface area contributed by atoms with Gasteiger partial charge in [-0.15, -0.1) is 17.5 Å². The number of fused-ring (bicyclic) bond motifs is 3. The van der Waals surface area contributed by atoms with E-state index in [-0.39, 0.29) is 35.6 Å². The largest absolute Gasteiger partial charge is 1.00 e. The summed E-state index contributed by atoms with van der Waals surface area (Å²) in [7, 11) is 0. The first-order valence-electron chi connectivity index (χ1n) is 12.5. The van der Waals surface area contributed by atoms with Crippen molar-refractivity contribution in [3.05, 3.63) is 82.5 Å². The molecule has 0 bridgehead atoms. The second-order valence-corrected chi connectivity index (χ2v) is 15.2. The number of benzene rings is 2. The Morgan fingerprint density at radius 1 is 0.778 bits per heavy atom. The molecule has 0 amide bonds. The van der Waals surface area contributed by atoms with Crippen molar-refractivity contribution in [1.82, 2.24) is 0 Å². The summed E-state index contributed by atoms with van der Waals surface area (Å²) in [4.78, 5) is 0. The molecule has 0 atom stereocenters. The fourth-order valence-corrected chi connectivity index (χ4v) is 3.95. The second kappa shape index (κ2) is 13.9. The average molecular weight is 603 g/mol. The Morgan fingerprint density at radius 3 is 1.75 bits per heavy atom. The fraction of sp³-hybridized carbons (Fsp3) is 0.485. The molecule has 36 heavy (non-hydrogen) atoms. The minimum atomic E-state index is 0. The van der Waals surface area contributed by atoms with Gasteiger partial charge in [0.15, 0.2) is 0 Å². The first-order valence-corrected chi connectivity index (χ1v) is 13.7. The van der Waals surface area contributed by atoms with Crippen LogP contribution >= 0.6 is 0 Å². The summed E-state index contributed by atoms with van der Waals surface area (Å²) < 4.78 is 1.51. The molecule has 0 nitrogen and oxygen atoms in total. The smallest absolute Gasteiger partial charge is 1.00 e. The molecule has 2 aliphatic rings. The van der Waals surface area contributed by atoms with E-state index in [0.29, 0.717) is 5.41 Å². The zero-order valence-electron chi connectivity index (χ0n) is 24.2. The maximum absolute atomic E-state index is 3.67. The van der Waals surface area contributed by atoms with Crippen molar-refractivity contribution in [2.75, 3.05) is 0 Å². The van der Waals surface area contributed by atoms with E-state index in [4.69, 9.17) is 0 Å². The summed E-state index contributed by atoms with van der Waals surface area (Å²) in [5.74, 6) is 0. The molecular weight excluding hydrogens is 558 g/mol. The first-order chi connectivity index (χ1) is 15.5. The average Bonchev–Trinajstić information content (AvgIpc) is 3.33. The molecule has 2 aromatic carbocycles. The summed E-state index contributed by atoms with van der Waals surface area (Å²) in [6.45, 7) is 24.5. The second-order valence-electron chi connectivity index (χ2n) is 12.8. The van der Waals surface area contributed by atoms with Gasteiger partial charge in [0.05, 0.1) is 0 Å². The van der Waals surface area contributed by atoms with E-state index in [1.165, 1.54) is 42.2 Å². The van der Waals surface area contributed by atoms with E-state index in [1.54, 1.807) is 24.2 Å². The van der Waals surface area contributed by atoms with Crippen LogP contribution in [0.1, 0.15) is 105 Å².